The van der Waals surface area contributed by atoms with Crippen molar-refractivity contribution < 1.29 is 9.94 Å². The van der Waals surface area contributed by atoms with Gasteiger partial charge in [-0.2, -0.15) is 0 Å². The molecule has 0 heterocycles. The van der Waals surface area contributed by atoms with Gasteiger partial charge in [0.05, 0.1) is 7.11 Å². The summed E-state index contributed by atoms with van der Waals surface area (Å²) in [5, 5.41) is 11.7. The molecule has 3 heteroatoms. The number of methoxy groups -OCH3 is 1. The van der Waals surface area contributed by atoms with E-state index >= 15 is 0 Å². The highest BCUT2D eigenvalue weighted by atomic mass is 16.5. The Morgan fingerprint density at radius 3 is 2.38 bits per heavy atom. The van der Waals surface area contributed by atoms with Gasteiger partial charge in [0.1, 0.15) is 5.75 Å². The Kier molecular flexibility index (Phi) is 4.63. The number of hydrogen-bond donors (Lipinski definition) is 1. The Balaban J connectivity index is 2.64. The van der Waals surface area contributed by atoms with Crippen LogP contribution in [0.15, 0.2) is 35.5 Å². The number of oxime groups is 1. The molecule has 2 rings (SSSR count). The van der Waals surface area contributed by atoms with Gasteiger partial charge >= 0.3 is 0 Å². The first-order valence-electron chi connectivity index (χ1n) is 6.98. The van der Waals surface area contributed by atoms with E-state index in [1.54, 1.807) is 7.11 Å². The van der Waals surface area contributed by atoms with Crippen molar-refractivity contribution in [1.82, 2.24) is 0 Å². The van der Waals surface area contributed by atoms with Crippen molar-refractivity contribution in [2.45, 2.75) is 27.2 Å². The van der Waals surface area contributed by atoms with Gasteiger partial charge in [-0.1, -0.05) is 35.9 Å². The fraction of sp³-hybridized carbons (Fsp3) is 0.278. The fourth-order valence-electron chi connectivity index (χ4n) is 2.93. The number of hydrogen-bond acceptors (Lipinski definition) is 3. The van der Waals surface area contributed by atoms with Crippen molar-refractivity contribution in [3.63, 3.8) is 0 Å². The van der Waals surface area contributed by atoms with E-state index in [4.69, 9.17) is 9.94 Å². The van der Waals surface area contributed by atoms with Crippen molar-refractivity contribution in [1.29, 1.82) is 0 Å². The van der Waals surface area contributed by atoms with E-state index in [0.717, 1.165) is 16.9 Å². The van der Waals surface area contributed by atoms with Gasteiger partial charge in [-0.25, -0.2) is 0 Å². The average Bonchev–Trinajstić information content (AvgIpc) is 2.44. The maximum Gasteiger partial charge on any atom is 0.130 e. The number of ether oxygens (including phenoxy) is 1. The van der Waals surface area contributed by atoms with Crippen molar-refractivity contribution in [2.75, 3.05) is 7.11 Å². The number of benzene rings is 2. The Hall–Kier alpha value is -2.29. The van der Waals surface area contributed by atoms with Gasteiger partial charge in [0.2, 0.25) is 0 Å². The van der Waals surface area contributed by atoms with Crippen molar-refractivity contribution >= 4 is 6.21 Å². The zero-order valence-corrected chi connectivity index (χ0v) is 13.0. The summed E-state index contributed by atoms with van der Waals surface area (Å²) in [6, 6.07) is 10.4. The molecule has 0 aliphatic carbocycles. The minimum absolute atomic E-state index is 0.539. The van der Waals surface area contributed by atoms with E-state index in [9.17, 15) is 0 Å². The van der Waals surface area contributed by atoms with E-state index < -0.39 is 0 Å². The molecule has 0 aromatic heterocycles. The van der Waals surface area contributed by atoms with Gasteiger partial charge in [-0.3, -0.25) is 0 Å². The summed E-state index contributed by atoms with van der Waals surface area (Å²) >= 11 is 0. The molecule has 2 aromatic rings. The Labute approximate surface area is 125 Å². The predicted molar refractivity (Wildman–Crippen MR) is 86.6 cm³/mol. The third-order valence-electron chi connectivity index (χ3n) is 3.64. The number of aryl methyl sites for hydroxylation is 3. The molecule has 0 aliphatic rings. The van der Waals surface area contributed by atoms with Crippen LogP contribution < -0.4 is 4.74 Å². The van der Waals surface area contributed by atoms with Crippen LogP contribution >= 0.6 is 0 Å². The molecular formula is C18H21NO2. The molecule has 0 atom stereocenters. The van der Waals surface area contributed by atoms with Crippen LogP contribution in [0.1, 0.15) is 22.3 Å². The molecule has 0 spiro atoms. The highest BCUT2D eigenvalue weighted by Gasteiger charge is 2.14. The molecule has 3 nitrogen and oxygen atoms in total. The van der Waals surface area contributed by atoms with Crippen LogP contribution in [0, 0.1) is 20.8 Å². The van der Waals surface area contributed by atoms with E-state index in [-0.39, 0.29) is 0 Å². The predicted octanol–water partition coefficient (Wildman–Crippen LogP) is 4.29. The summed E-state index contributed by atoms with van der Waals surface area (Å²) in [6.07, 6.45) is 2.01. The molecular weight excluding hydrogens is 262 g/mol. The minimum Gasteiger partial charge on any atom is -0.496 e. The van der Waals surface area contributed by atoms with Crippen molar-refractivity contribution in [3.05, 3.63) is 52.6 Å². The Morgan fingerprint density at radius 2 is 1.81 bits per heavy atom. The summed E-state index contributed by atoms with van der Waals surface area (Å²) in [4.78, 5) is 0. The van der Waals surface area contributed by atoms with Crippen LogP contribution in [0.2, 0.25) is 0 Å². The topological polar surface area (TPSA) is 41.8 Å². The third-order valence-corrected chi connectivity index (χ3v) is 3.64. The second kappa shape index (κ2) is 6.44. The van der Waals surface area contributed by atoms with Crippen LogP contribution in [0.4, 0.5) is 0 Å². The Bertz CT molecular complexity index is 652. The Morgan fingerprint density at radius 1 is 1.14 bits per heavy atom. The average molecular weight is 283 g/mol. The van der Waals surface area contributed by atoms with Crippen molar-refractivity contribution in [2.24, 2.45) is 5.16 Å². The molecule has 0 aliphatic heterocycles. The lowest BCUT2D eigenvalue weighted by molar-refractivity contribution is 0.320. The first-order valence-corrected chi connectivity index (χ1v) is 6.98. The molecule has 0 fully saturated rings. The first kappa shape index (κ1) is 15.1. The standard InChI is InChI=1S/C18H21NO2/c1-12-10-13(2)17(14(3)11-12)16-7-5-6-15(8-9-19-20)18(16)21-4/h5-7,9-11,20H,8H2,1-4H3/b19-9-. The quantitative estimate of drug-likeness (QED) is 0.516. The molecule has 110 valence electrons. The summed E-state index contributed by atoms with van der Waals surface area (Å²) < 4.78 is 5.62. The lowest BCUT2D eigenvalue weighted by Gasteiger charge is -2.17. The zero-order valence-electron chi connectivity index (χ0n) is 13.0. The minimum atomic E-state index is 0.539. The molecule has 0 radical (unpaired) electrons. The monoisotopic (exact) mass is 283 g/mol. The third kappa shape index (κ3) is 3.07. The number of rotatable bonds is 4. The van der Waals surface area contributed by atoms with Gasteiger partial charge in [0.15, 0.2) is 0 Å². The summed E-state index contributed by atoms with van der Waals surface area (Å²) in [7, 11) is 1.68. The van der Waals surface area contributed by atoms with Crippen LogP contribution in [0.3, 0.4) is 0 Å². The molecule has 0 saturated carbocycles. The number of nitrogens with zero attached hydrogens (tertiary/aromatic N) is 1. The van der Waals surface area contributed by atoms with Crippen LogP contribution in [0.25, 0.3) is 11.1 Å². The molecule has 2 aromatic carbocycles. The maximum atomic E-state index is 8.62. The molecule has 0 bridgehead atoms. The lowest BCUT2D eigenvalue weighted by Crippen LogP contribution is -1.98. The smallest absolute Gasteiger partial charge is 0.130 e. The molecule has 0 amide bonds. The largest absolute Gasteiger partial charge is 0.496 e. The van der Waals surface area contributed by atoms with E-state index in [0.29, 0.717) is 6.42 Å². The highest BCUT2D eigenvalue weighted by molar-refractivity contribution is 5.79. The summed E-state index contributed by atoms with van der Waals surface area (Å²) in [6.45, 7) is 6.35. The normalized spacial score (nSPS) is 11.0. The highest BCUT2D eigenvalue weighted by Crippen LogP contribution is 2.37. The van der Waals surface area contributed by atoms with Gasteiger partial charge < -0.3 is 9.94 Å². The number of para-hydroxylation sites is 1. The lowest BCUT2D eigenvalue weighted by atomic mass is 9.91. The van der Waals surface area contributed by atoms with Gasteiger partial charge in [0.25, 0.3) is 0 Å². The van der Waals surface area contributed by atoms with E-state index in [2.05, 4.69) is 44.1 Å². The van der Waals surface area contributed by atoms with Crippen LogP contribution in [-0.4, -0.2) is 18.5 Å². The zero-order chi connectivity index (χ0) is 15.4. The fourth-order valence-corrected chi connectivity index (χ4v) is 2.93. The van der Waals surface area contributed by atoms with Gasteiger partial charge in [-0.15, -0.1) is 5.16 Å². The maximum absolute atomic E-state index is 8.62. The van der Waals surface area contributed by atoms with E-state index in [1.807, 2.05) is 12.1 Å². The second-order valence-corrected chi connectivity index (χ2v) is 5.27. The molecule has 21 heavy (non-hydrogen) atoms. The SMILES string of the molecule is COc1c(C/C=N\O)cccc1-c1c(C)cc(C)cc1C. The van der Waals surface area contributed by atoms with E-state index in [1.165, 1.54) is 28.5 Å². The van der Waals surface area contributed by atoms with Gasteiger partial charge in [-0.05, 0) is 37.5 Å². The van der Waals surface area contributed by atoms with Crippen LogP contribution in [0.5, 0.6) is 5.75 Å². The molecule has 0 unspecified atom stereocenters. The second-order valence-electron chi connectivity index (χ2n) is 5.27. The first-order chi connectivity index (χ1) is 10.1. The summed E-state index contributed by atoms with van der Waals surface area (Å²) in [5.41, 5.74) is 7.03. The van der Waals surface area contributed by atoms with Gasteiger partial charge in [0, 0.05) is 23.8 Å². The van der Waals surface area contributed by atoms with Crippen LogP contribution in [-0.2, 0) is 6.42 Å². The molecule has 0 saturated heterocycles. The molecule has 1 N–H and O–H groups in total. The summed E-state index contributed by atoms with van der Waals surface area (Å²) in [5.74, 6) is 0.840. The van der Waals surface area contributed by atoms with Crippen molar-refractivity contribution in [3.8, 4) is 16.9 Å².